The smallest absolute Gasteiger partial charge is 0.357 e. The lowest BCUT2D eigenvalue weighted by molar-refractivity contribution is -0.143. The zero-order valence-electron chi connectivity index (χ0n) is 13.8. The molecule has 2 aliphatic rings. The van der Waals surface area contributed by atoms with Gasteiger partial charge in [-0.3, -0.25) is 9.89 Å². The monoisotopic (exact) mass is 370 g/mol. The molecule has 2 fully saturated rings. The standard InChI is InChI=1S/C14H25F3N4O2S/c1-2-18-13(20-12-4-6-24(22,23)9-12)19-7-11-3-5-21(8-11)10-14(15,16)17/h11-12H,2-10H2,1H3,(H2,18,19,20). The lowest BCUT2D eigenvalue weighted by Gasteiger charge is -2.18. The zero-order chi connectivity index (χ0) is 17.8. The van der Waals surface area contributed by atoms with E-state index in [9.17, 15) is 21.6 Å². The number of guanidine groups is 1. The second kappa shape index (κ2) is 7.90. The van der Waals surface area contributed by atoms with E-state index in [2.05, 4.69) is 15.6 Å². The Kier molecular flexibility index (Phi) is 6.35. The summed E-state index contributed by atoms with van der Waals surface area (Å²) in [4.78, 5) is 5.84. The molecular weight excluding hydrogens is 345 g/mol. The van der Waals surface area contributed by atoms with E-state index in [4.69, 9.17) is 0 Å². The second-order valence-electron chi connectivity index (χ2n) is 6.47. The Morgan fingerprint density at radius 3 is 2.67 bits per heavy atom. The minimum Gasteiger partial charge on any atom is -0.357 e. The summed E-state index contributed by atoms with van der Waals surface area (Å²) in [6.45, 7) is 2.93. The first kappa shape index (κ1) is 19.3. The molecule has 0 aromatic rings. The number of aliphatic imine (C=N–C) groups is 1. The molecule has 0 amide bonds. The summed E-state index contributed by atoms with van der Waals surface area (Å²) in [5, 5.41) is 6.17. The van der Waals surface area contributed by atoms with Crippen LogP contribution in [0, 0.1) is 5.92 Å². The average Bonchev–Trinajstić information content (AvgIpc) is 3.01. The van der Waals surface area contributed by atoms with Crippen LogP contribution in [0.3, 0.4) is 0 Å². The van der Waals surface area contributed by atoms with Gasteiger partial charge in [-0.2, -0.15) is 13.2 Å². The highest BCUT2D eigenvalue weighted by Crippen LogP contribution is 2.22. The number of alkyl halides is 3. The van der Waals surface area contributed by atoms with Crippen LogP contribution in [0.2, 0.25) is 0 Å². The van der Waals surface area contributed by atoms with E-state index >= 15 is 0 Å². The van der Waals surface area contributed by atoms with E-state index in [-0.39, 0.29) is 23.5 Å². The number of nitrogens with one attached hydrogen (secondary N) is 2. The summed E-state index contributed by atoms with van der Waals surface area (Å²) in [5.41, 5.74) is 0. The number of halogens is 3. The Balaban J connectivity index is 1.83. The molecule has 2 saturated heterocycles. The van der Waals surface area contributed by atoms with Gasteiger partial charge in [0.2, 0.25) is 0 Å². The van der Waals surface area contributed by atoms with Crippen molar-refractivity contribution >= 4 is 15.8 Å². The maximum Gasteiger partial charge on any atom is 0.401 e. The van der Waals surface area contributed by atoms with Crippen molar-refractivity contribution in [2.24, 2.45) is 10.9 Å². The van der Waals surface area contributed by atoms with E-state index in [1.54, 1.807) is 0 Å². The predicted octanol–water partition coefficient (Wildman–Crippen LogP) is 0.613. The maximum absolute atomic E-state index is 12.4. The Morgan fingerprint density at radius 2 is 2.08 bits per heavy atom. The van der Waals surface area contributed by atoms with Crippen LogP contribution in [0.25, 0.3) is 0 Å². The van der Waals surface area contributed by atoms with Gasteiger partial charge in [0.1, 0.15) is 0 Å². The molecule has 2 unspecified atom stereocenters. The first-order valence-electron chi connectivity index (χ1n) is 8.21. The van der Waals surface area contributed by atoms with E-state index in [0.29, 0.717) is 45.0 Å². The van der Waals surface area contributed by atoms with Gasteiger partial charge in [-0.1, -0.05) is 0 Å². The van der Waals surface area contributed by atoms with Crippen molar-refractivity contribution in [2.45, 2.75) is 32.0 Å². The van der Waals surface area contributed by atoms with Crippen molar-refractivity contribution in [3.8, 4) is 0 Å². The van der Waals surface area contributed by atoms with Crippen molar-refractivity contribution in [3.63, 3.8) is 0 Å². The van der Waals surface area contributed by atoms with E-state index in [0.717, 1.165) is 0 Å². The first-order valence-corrected chi connectivity index (χ1v) is 10.0. The van der Waals surface area contributed by atoms with Crippen LogP contribution < -0.4 is 10.6 Å². The van der Waals surface area contributed by atoms with Crippen LogP contribution in [0.1, 0.15) is 19.8 Å². The Hall–Kier alpha value is -1.03. The summed E-state index contributed by atoms with van der Waals surface area (Å²) in [6.07, 6.45) is -2.92. The van der Waals surface area contributed by atoms with Crippen molar-refractivity contribution in [3.05, 3.63) is 0 Å². The average molecular weight is 370 g/mol. The minimum atomic E-state index is -4.16. The molecule has 2 heterocycles. The molecule has 24 heavy (non-hydrogen) atoms. The largest absolute Gasteiger partial charge is 0.401 e. The molecule has 2 N–H and O–H groups in total. The topological polar surface area (TPSA) is 73.8 Å². The van der Waals surface area contributed by atoms with Gasteiger partial charge in [0.25, 0.3) is 0 Å². The van der Waals surface area contributed by atoms with Crippen molar-refractivity contribution < 1.29 is 21.6 Å². The molecule has 2 rings (SSSR count). The van der Waals surface area contributed by atoms with Crippen LogP contribution in [-0.2, 0) is 9.84 Å². The van der Waals surface area contributed by atoms with Crippen molar-refractivity contribution in [1.82, 2.24) is 15.5 Å². The fourth-order valence-corrected chi connectivity index (χ4v) is 4.77. The van der Waals surface area contributed by atoms with Crippen LogP contribution in [0.4, 0.5) is 13.2 Å². The highest BCUT2D eigenvalue weighted by atomic mass is 32.2. The summed E-state index contributed by atoms with van der Waals surface area (Å²) < 4.78 is 60.2. The van der Waals surface area contributed by atoms with Gasteiger partial charge in [0.15, 0.2) is 15.8 Å². The third kappa shape index (κ3) is 6.46. The lowest BCUT2D eigenvalue weighted by Crippen LogP contribution is -2.44. The summed E-state index contributed by atoms with van der Waals surface area (Å²) in [7, 11) is -2.97. The Labute approximate surface area is 140 Å². The highest BCUT2D eigenvalue weighted by molar-refractivity contribution is 7.91. The van der Waals surface area contributed by atoms with E-state index in [1.807, 2.05) is 6.92 Å². The Bertz CT molecular complexity index is 551. The summed E-state index contributed by atoms with van der Waals surface area (Å²) in [6, 6.07) is -0.155. The van der Waals surface area contributed by atoms with Gasteiger partial charge in [0.05, 0.1) is 18.1 Å². The number of likely N-dealkylation sites (tertiary alicyclic amines) is 1. The number of hydrogen-bond acceptors (Lipinski definition) is 4. The third-order valence-corrected chi connectivity index (χ3v) is 5.97. The molecule has 0 aromatic carbocycles. The van der Waals surface area contributed by atoms with E-state index < -0.39 is 22.6 Å². The molecule has 2 atom stereocenters. The summed E-state index contributed by atoms with van der Waals surface area (Å²) in [5.74, 6) is 0.906. The SMILES string of the molecule is CCNC(=NCC1CCN(CC(F)(F)F)C1)NC1CCS(=O)(=O)C1. The Morgan fingerprint density at radius 1 is 1.33 bits per heavy atom. The highest BCUT2D eigenvalue weighted by Gasteiger charge is 2.34. The van der Waals surface area contributed by atoms with Crippen LogP contribution in [0.5, 0.6) is 0 Å². The molecule has 0 saturated carbocycles. The van der Waals surface area contributed by atoms with Gasteiger partial charge in [0, 0.05) is 25.7 Å². The maximum atomic E-state index is 12.4. The minimum absolute atomic E-state index is 0.0927. The predicted molar refractivity (Wildman–Crippen MR) is 86.8 cm³/mol. The van der Waals surface area contributed by atoms with Crippen molar-refractivity contribution in [2.75, 3.05) is 44.2 Å². The molecule has 0 aromatic heterocycles. The number of nitrogens with zero attached hydrogens (tertiary/aromatic N) is 2. The lowest BCUT2D eigenvalue weighted by atomic mass is 10.1. The molecule has 6 nitrogen and oxygen atoms in total. The molecule has 10 heteroatoms. The van der Waals surface area contributed by atoms with Gasteiger partial charge in [-0.25, -0.2) is 8.42 Å². The second-order valence-corrected chi connectivity index (χ2v) is 8.70. The number of sulfone groups is 1. The molecular formula is C14H25F3N4O2S. The fraction of sp³-hybridized carbons (Fsp3) is 0.929. The van der Waals surface area contributed by atoms with Crippen LogP contribution in [0.15, 0.2) is 4.99 Å². The van der Waals surface area contributed by atoms with Crippen LogP contribution in [-0.4, -0.2) is 75.7 Å². The molecule has 0 radical (unpaired) electrons. The first-order chi connectivity index (χ1) is 11.2. The van der Waals surface area contributed by atoms with Gasteiger partial charge >= 0.3 is 6.18 Å². The normalized spacial score (nSPS) is 28.2. The number of rotatable bonds is 5. The van der Waals surface area contributed by atoms with Crippen LogP contribution >= 0.6 is 0 Å². The molecule has 140 valence electrons. The number of hydrogen-bond donors (Lipinski definition) is 2. The van der Waals surface area contributed by atoms with Gasteiger partial charge < -0.3 is 10.6 Å². The van der Waals surface area contributed by atoms with Gasteiger partial charge in [-0.15, -0.1) is 0 Å². The molecule has 0 spiro atoms. The van der Waals surface area contributed by atoms with E-state index in [1.165, 1.54) is 4.90 Å². The van der Waals surface area contributed by atoms with Gasteiger partial charge in [-0.05, 0) is 32.2 Å². The molecule has 0 bridgehead atoms. The fourth-order valence-electron chi connectivity index (χ4n) is 3.10. The molecule has 2 aliphatic heterocycles. The zero-order valence-corrected chi connectivity index (χ0v) is 14.6. The quantitative estimate of drug-likeness (QED) is 0.548. The van der Waals surface area contributed by atoms with Crippen molar-refractivity contribution in [1.29, 1.82) is 0 Å². The summed E-state index contributed by atoms with van der Waals surface area (Å²) >= 11 is 0. The molecule has 0 aliphatic carbocycles. The third-order valence-electron chi connectivity index (χ3n) is 4.20.